The first-order chi connectivity index (χ1) is 10.1. The molecule has 0 unspecified atom stereocenters. The molecule has 0 aliphatic heterocycles. The highest BCUT2D eigenvalue weighted by Gasteiger charge is 2.23. The van der Waals surface area contributed by atoms with E-state index in [-0.39, 0.29) is 18.7 Å². The molecule has 120 valence electrons. The van der Waals surface area contributed by atoms with Gasteiger partial charge in [0.1, 0.15) is 13.3 Å². The fourth-order valence-electron chi connectivity index (χ4n) is 2.10. The van der Waals surface area contributed by atoms with Gasteiger partial charge < -0.3 is 14.4 Å². The van der Waals surface area contributed by atoms with Crippen LogP contribution in [0.4, 0.5) is 5.69 Å². The van der Waals surface area contributed by atoms with E-state index in [1.807, 2.05) is 19.2 Å². The summed E-state index contributed by atoms with van der Waals surface area (Å²) in [4.78, 5) is 12.9. The normalized spacial score (nSPS) is 11.3. The van der Waals surface area contributed by atoms with Crippen LogP contribution in [0.2, 0.25) is 13.1 Å². The Kier molecular flexibility index (Phi) is 6.15. The molecule has 22 heavy (non-hydrogen) atoms. The van der Waals surface area contributed by atoms with Gasteiger partial charge >= 0.3 is 5.97 Å². The fraction of sp³-hybridized carbons (Fsp3) is 0.500. The summed E-state index contributed by atoms with van der Waals surface area (Å²) in [5.74, 6) is -0.920. The van der Waals surface area contributed by atoms with Crippen LogP contribution in [0.25, 0.3) is 0 Å². The van der Waals surface area contributed by atoms with Crippen LogP contribution in [-0.4, -0.2) is 33.4 Å². The van der Waals surface area contributed by atoms with E-state index in [2.05, 4.69) is 26.8 Å². The molecule has 0 aliphatic rings. The number of rotatable bonds is 6. The summed E-state index contributed by atoms with van der Waals surface area (Å²) >= 11 is 0. The molecular formula is C16H24N2O3Si. The second kappa shape index (κ2) is 7.43. The molecule has 1 aromatic carbocycles. The van der Waals surface area contributed by atoms with E-state index in [9.17, 15) is 9.90 Å². The van der Waals surface area contributed by atoms with Gasteiger partial charge in [-0.1, -0.05) is 26.8 Å². The monoisotopic (exact) mass is 320 g/mol. The van der Waals surface area contributed by atoms with Gasteiger partial charge in [0, 0.05) is 5.69 Å². The number of hydrogen-bond acceptors (Lipinski definition) is 4. The summed E-state index contributed by atoms with van der Waals surface area (Å²) in [6.07, 6.45) is 0. The number of nitriles is 1. The molecule has 0 saturated heterocycles. The topological polar surface area (TPSA) is 73.6 Å². The van der Waals surface area contributed by atoms with Crippen molar-refractivity contribution in [2.24, 2.45) is 0 Å². The highest BCUT2D eigenvalue weighted by atomic mass is 28.3. The Balaban J connectivity index is 3.30. The molecule has 0 amide bonds. The predicted molar refractivity (Wildman–Crippen MR) is 89.7 cm³/mol. The first-order valence-electron chi connectivity index (χ1n) is 7.28. The summed E-state index contributed by atoms with van der Waals surface area (Å²) in [6, 6.07) is 7.52. The zero-order chi connectivity index (χ0) is 16.9. The number of aliphatic carboxylic acids is 1. The molecule has 0 spiro atoms. The number of carboxylic acid groups (broad SMARTS) is 1. The molecule has 6 heteroatoms. The number of benzene rings is 1. The third-order valence-corrected chi connectivity index (χ3v) is 3.98. The number of nitrogens with zero attached hydrogens (tertiary/aromatic N) is 2. The van der Waals surface area contributed by atoms with E-state index in [0.717, 1.165) is 11.3 Å². The Bertz CT molecular complexity index is 574. The zero-order valence-electron chi connectivity index (χ0n) is 13.9. The predicted octanol–water partition coefficient (Wildman–Crippen LogP) is 2.70. The van der Waals surface area contributed by atoms with Crippen LogP contribution >= 0.6 is 0 Å². The van der Waals surface area contributed by atoms with Crippen molar-refractivity contribution in [2.75, 3.05) is 18.2 Å². The SMILES string of the molecule is C[SiH](C)OCN(CC(=O)O)c1cc(C#N)ccc1C(C)(C)C. The molecule has 0 aliphatic carbocycles. The summed E-state index contributed by atoms with van der Waals surface area (Å²) in [7, 11) is -1.27. The minimum atomic E-state index is -1.27. The van der Waals surface area contributed by atoms with E-state index in [0.29, 0.717) is 5.56 Å². The van der Waals surface area contributed by atoms with Gasteiger partial charge in [-0.15, -0.1) is 0 Å². The van der Waals surface area contributed by atoms with E-state index >= 15 is 0 Å². The fourth-order valence-corrected chi connectivity index (χ4v) is 2.58. The molecule has 1 aromatic rings. The van der Waals surface area contributed by atoms with Crippen molar-refractivity contribution in [1.82, 2.24) is 0 Å². The quantitative estimate of drug-likeness (QED) is 0.644. The van der Waals surface area contributed by atoms with Gasteiger partial charge in [-0.05, 0) is 36.2 Å². The van der Waals surface area contributed by atoms with Gasteiger partial charge in [-0.2, -0.15) is 5.26 Å². The molecule has 0 atom stereocenters. The molecule has 0 fully saturated rings. The summed E-state index contributed by atoms with van der Waals surface area (Å²) in [5.41, 5.74) is 2.11. The van der Waals surface area contributed by atoms with Crippen molar-refractivity contribution in [1.29, 1.82) is 5.26 Å². The third kappa shape index (κ3) is 5.17. The zero-order valence-corrected chi connectivity index (χ0v) is 15.0. The van der Waals surface area contributed by atoms with Gasteiger partial charge in [0.25, 0.3) is 0 Å². The maximum Gasteiger partial charge on any atom is 0.323 e. The largest absolute Gasteiger partial charge is 0.480 e. The molecule has 0 saturated carbocycles. The van der Waals surface area contributed by atoms with Crippen molar-refractivity contribution in [3.63, 3.8) is 0 Å². The highest BCUT2D eigenvalue weighted by Crippen LogP contribution is 2.33. The maximum absolute atomic E-state index is 11.2. The summed E-state index contributed by atoms with van der Waals surface area (Å²) in [5, 5.41) is 18.3. The maximum atomic E-state index is 11.2. The molecule has 0 bridgehead atoms. The van der Waals surface area contributed by atoms with Crippen LogP contribution in [0.3, 0.4) is 0 Å². The standard InChI is InChI=1S/C16H24N2O3Si/c1-16(2,3)13-7-6-12(9-17)8-14(13)18(10-15(19)20)11-21-22(4)5/h6-8,22H,10-11H2,1-5H3,(H,19,20). The molecular weight excluding hydrogens is 296 g/mol. The molecule has 0 aromatic heterocycles. The second-order valence-corrected chi connectivity index (χ2v) is 8.96. The van der Waals surface area contributed by atoms with Crippen LogP contribution < -0.4 is 4.90 Å². The van der Waals surface area contributed by atoms with Crippen LogP contribution in [0.15, 0.2) is 18.2 Å². The van der Waals surface area contributed by atoms with Gasteiger partial charge in [-0.25, -0.2) is 0 Å². The average molecular weight is 320 g/mol. The molecule has 0 heterocycles. The van der Waals surface area contributed by atoms with E-state index < -0.39 is 15.0 Å². The van der Waals surface area contributed by atoms with Gasteiger partial charge in [0.15, 0.2) is 9.04 Å². The molecule has 1 N–H and O–H groups in total. The number of hydrogen-bond donors (Lipinski definition) is 1. The average Bonchev–Trinajstić information content (AvgIpc) is 2.41. The van der Waals surface area contributed by atoms with Crippen molar-refractivity contribution >= 4 is 20.7 Å². The Morgan fingerprint density at radius 2 is 2.05 bits per heavy atom. The Labute approximate surface area is 133 Å². The molecule has 1 rings (SSSR count). The van der Waals surface area contributed by atoms with Crippen molar-refractivity contribution in [2.45, 2.75) is 39.3 Å². The van der Waals surface area contributed by atoms with Crippen LogP contribution in [0.5, 0.6) is 0 Å². The summed E-state index contributed by atoms with van der Waals surface area (Å²) < 4.78 is 5.72. The van der Waals surface area contributed by atoms with Crippen molar-refractivity contribution in [3.8, 4) is 6.07 Å². The lowest BCUT2D eigenvalue weighted by molar-refractivity contribution is -0.135. The first kappa shape index (κ1) is 18.2. The third-order valence-electron chi connectivity index (χ3n) is 3.17. The molecule has 0 radical (unpaired) electrons. The van der Waals surface area contributed by atoms with Crippen molar-refractivity contribution in [3.05, 3.63) is 29.3 Å². The van der Waals surface area contributed by atoms with Gasteiger partial charge in [0.2, 0.25) is 0 Å². The lowest BCUT2D eigenvalue weighted by Gasteiger charge is -2.31. The molecule has 5 nitrogen and oxygen atoms in total. The Hall–Kier alpha value is -1.84. The van der Waals surface area contributed by atoms with Gasteiger partial charge in [0.05, 0.1) is 11.6 Å². The first-order valence-corrected chi connectivity index (χ1v) is 10.1. The second-order valence-electron chi connectivity index (χ2n) is 6.53. The van der Waals surface area contributed by atoms with Crippen LogP contribution in [0.1, 0.15) is 31.9 Å². The number of anilines is 1. The van der Waals surface area contributed by atoms with E-state index in [4.69, 9.17) is 9.69 Å². The smallest absolute Gasteiger partial charge is 0.323 e. The Morgan fingerprint density at radius 1 is 1.41 bits per heavy atom. The van der Waals surface area contributed by atoms with Crippen LogP contribution in [0, 0.1) is 11.3 Å². The Morgan fingerprint density at radius 3 is 2.50 bits per heavy atom. The number of carboxylic acids is 1. The minimum Gasteiger partial charge on any atom is -0.480 e. The minimum absolute atomic E-state index is 0.154. The summed E-state index contributed by atoms with van der Waals surface area (Å²) in [6.45, 7) is 10.3. The van der Waals surface area contributed by atoms with Gasteiger partial charge in [-0.3, -0.25) is 4.79 Å². The lowest BCUT2D eigenvalue weighted by atomic mass is 9.85. The lowest BCUT2D eigenvalue weighted by Crippen LogP contribution is -2.35. The van der Waals surface area contributed by atoms with Crippen LogP contribution in [-0.2, 0) is 14.6 Å². The van der Waals surface area contributed by atoms with E-state index in [1.54, 1.807) is 17.0 Å². The number of carbonyl (C=O) groups is 1. The van der Waals surface area contributed by atoms with Crippen molar-refractivity contribution < 1.29 is 14.3 Å². The highest BCUT2D eigenvalue weighted by molar-refractivity contribution is 6.48. The van der Waals surface area contributed by atoms with E-state index in [1.165, 1.54) is 0 Å².